The third-order valence-electron chi connectivity index (χ3n) is 5.65. The number of hydrogen-bond donors (Lipinski definition) is 2. The van der Waals surface area contributed by atoms with E-state index < -0.39 is 41.0 Å². The number of benzene rings is 2. The Kier molecular flexibility index (Phi) is 7.87. The number of amides is 1. The van der Waals surface area contributed by atoms with E-state index in [2.05, 4.69) is 16.6 Å². The topological polar surface area (TPSA) is 91.9 Å². The number of carbonyl (C=O) groups excluding carboxylic acids is 2. The number of ether oxygens (including phenoxy) is 2. The molecule has 3 aromatic rings. The number of rotatable bonds is 4. The number of nitrogens with one attached hydrogen (secondary N) is 1. The number of aromatic hydroxyl groups is 1. The summed E-state index contributed by atoms with van der Waals surface area (Å²) in [6.45, 7) is 4.01. The predicted octanol–water partition coefficient (Wildman–Crippen LogP) is 4.67. The summed E-state index contributed by atoms with van der Waals surface area (Å²) in [6.07, 6.45) is -2.02. The first-order chi connectivity index (χ1) is 16.1. The first kappa shape index (κ1) is 27.0. The average Bonchev–Trinajstić information content (AvgIpc) is 3.36. The Labute approximate surface area is 232 Å². The Bertz CT molecular complexity index is 1320. The van der Waals surface area contributed by atoms with Gasteiger partial charge in [-0.3, -0.25) is 4.79 Å². The van der Waals surface area contributed by atoms with Crippen LogP contribution in [0.15, 0.2) is 36.4 Å². The summed E-state index contributed by atoms with van der Waals surface area (Å²) in [5.74, 6) is -2.23. The second-order valence-corrected chi connectivity index (χ2v) is 7.70. The molecule has 1 atom stereocenters. The molecule has 1 unspecified atom stereocenters. The van der Waals surface area contributed by atoms with E-state index in [1.165, 1.54) is 24.2 Å². The van der Waals surface area contributed by atoms with Gasteiger partial charge in [-0.15, -0.1) is 5.92 Å². The molecule has 1 amide bonds. The van der Waals surface area contributed by atoms with Gasteiger partial charge in [0.1, 0.15) is 17.2 Å². The van der Waals surface area contributed by atoms with E-state index >= 15 is 0 Å². The molecule has 0 radical (unpaired) electrons. The number of fused-ring (bicyclic) bond motifs is 3. The molecular weight excluding hydrogens is 593 g/mol. The molecule has 0 aliphatic carbocycles. The Hall–Kier alpha value is -2.57. The van der Waals surface area contributed by atoms with Gasteiger partial charge < -0.3 is 31.4 Å². The standard InChI is InChI=1S/C24H20F3N2O5.Ce/c1-12-11-29(17(31)9-6-13-4-7-14(33-2)8-5-13)15-10-16(30)21-19(18(12)15)20(23(32)34-3)22(28-21)24(25,26)27;/h4-10,12,28,30H,1,11H2,2-3H3;/q-1;/b9-6+;. The summed E-state index contributed by atoms with van der Waals surface area (Å²) >= 11 is 0. The number of aromatic nitrogens is 1. The van der Waals surface area contributed by atoms with Crippen molar-refractivity contribution in [1.29, 1.82) is 0 Å². The monoisotopic (exact) mass is 613 g/mol. The van der Waals surface area contributed by atoms with Crippen molar-refractivity contribution in [3.8, 4) is 11.5 Å². The van der Waals surface area contributed by atoms with Crippen molar-refractivity contribution in [2.75, 3.05) is 25.7 Å². The fourth-order valence-corrected chi connectivity index (χ4v) is 4.12. The number of esters is 1. The van der Waals surface area contributed by atoms with Crippen molar-refractivity contribution in [2.24, 2.45) is 0 Å². The number of phenols is 1. The number of hydrogen-bond acceptors (Lipinski definition) is 5. The molecule has 0 saturated heterocycles. The fraction of sp³-hybridized carbons (Fsp3) is 0.208. The van der Waals surface area contributed by atoms with E-state index in [0.29, 0.717) is 5.75 Å². The van der Waals surface area contributed by atoms with Crippen molar-refractivity contribution >= 4 is 34.5 Å². The molecule has 7 nitrogen and oxygen atoms in total. The molecule has 4 rings (SSSR count). The van der Waals surface area contributed by atoms with Crippen LogP contribution in [0.1, 0.15) is 33.1 Å². The minimum Gasteiger partial charge on any atom is -0.506 e. The van der Waals surface area contributed by atoms with Crippen LogP contribution < -0.4 is 9.64 Å². The van der Waals surface area contributed by atoms with E-state index in [-0.39, 0.29) is 70.4 Å². The molecule has 0 bridgehead atoms. The summed E-state index contributed by atoms with van der Waals surface area (Å²) in [5, 5.41) is 10.3. The van der Waals surface area contributed by atoms with Gasteiger partial charge in [0.25, 0.3) is 5.91 Å². The molecule has 0 spiro atoms. The molecular formula is C24H20CeF3N2O5-. The van der Waals surface area contributed by atoms with Crippen LogP contribution in [0.2, 0.25) is 0 Å². The minimum absolute atomic E-state index is 0. The number of anilines is 1. The summed E-state index contributed by atoms with van der Waals surface area (Å²) in [6, 6.07) is 8.16. The molecule has 1 aliphatic rings. The molecule has 2 heterocycles. The van der Waals surface area contributed by atoms with Gasteiger partial charge in [0.2, 0.25) is 0 Å². The minimum atomic E-state index is -4.91. The second kappa shape index (κ2) is 10.2. The van der Waals surface area contributed by atoms with Gasteiger partial charge in [0, 0.05) is 71.5 Å². The maximum atomic E-state index is 13.7. The number of alkyl halides is 3. The van der Waals surface area contributed by atoms with E-state index in [1.807, 2.05) is 0 Å². The molecule has 11 heteroatoms. The Morgan fingerprint density at radius 3 is 2.46 bits per heavy atom. The smallest absolute Gasteiger partial charge is 0.432 e. The summed E-state index contributed by atoms with van der Waals surface area (Å²) in [7, 11) is 2.50. The predicted molar refractivity (Wildman–Crippen MR) is 119 cm³/mol. The molecule has 0 saturated carbocycles. The van der Waals surface area contributed by atoms with Gasteiger partial charge in [0.15, 0.2) is 0 Å². The number of halogens is 3. The third kappa shape index (κ3) is 4.91. The molecule has 1 aliphatic heterocycles. The summed E-state index contributed by atoms with van der Waals surface area (Å²) in [4.78, 5) is 28.7. The van der Waals surface area contributed by atoms with Crippen LogP contribution in [0, 0.1) is 48.7 Å². The largest absolute Gasteiger partial charge is 0.506 e. The fourth-order valence-electron chi connectivity index (χ4n) is 4.12. The first-order valence-corrected chi connectivity index (χ1v) is 10.1. The van der Waals surface area contributed by atoms with E-state index in [4.69, 9.17) is 4.74 Å². The normalized spacial score (nSPS) is 15.3. The molecule has 35 heavy (non-hydrogen) atoms. The number of carbonyl (C=O) groups is 2. The second-order valence-electron chi connectivity index (χ2n) is 7.70. The van der Waals surface area contributed by atoms with Gasteiger partial charge in [-0.2, -0.15) is 13.2 Å². The van der Waals surface area contributed by atoms with Crippen molar-refractivity contribution < 1.29 is 79.1 Å². The van der Waals surface area contributed by atoms with E-state index in [1.54, 1.807) is 30.3 Å². The zero-order chi connectivity index (χ0) is 24.8. The summed E-state index contributed by atoms with van der Waals surface area (Å²) < 4.78 is 50.7. The van der Waals surface area contributed by atoms with Crippen LogP contribution in [-0.2, 0) is 15.7 Å². The quantitative estimate of drug-likeness (QED) is 0.254. The number of aromatic amines is 1. The maximum Gasteiger partial charge on any atom is 0.432 e. The van der Waals surface area contributed by atoms with Crippen LogP contribution in [0.4, 0.5) is 18.9 Å². The molecule has 2 aromatic carbocycles. The van der Waals surface area contributed by atoms with Gasteiger partial charge in [-0.1, -0.05) is 12.1 Å². The zero-order valence-electron chi connectivity index (χ0n) is 18.7. The summed E-state index contributed by atoms with van der Waals surface area (Å²) in [5.41, 5.74) is -1.23. The van der Waals surface area contributed by atoms with Crippen LogP contribution in [0.3, 0.4) is 0 Å². The molecule has 2 N–H and O–H groups in total. The van der Waals surface area contributed by atoms with Crippen LogP contribution in [-0.4, -0.2) is 42.7 Å². The van der Waals surface area contributed by atoms with E-state index in [9.17, 15) is 27.9 Å². The third-order valence-corrected chi connectivity index (χ3v) is 5.65. The van der Waals surface area contributed by atoms with Gasteiger partial charge in [0.05, 0.1) is 25.3 Å². The molecule has 182 valence electrons. The number of nitrogens with zero attached hydrogens (tertiary/aromatic N) is 1. The Morgan fingerprint density at radius 1 is 1.23 bits per heavy atom. The average molecular weight is 614 g/mol. The van der Waals surface area contributed by atoms with Crippen LogP contribution in [0.25, 0.3) is 17.0 Å². The first-order valence-electron chi connectivity index (χ1n) is 10.1. The number of methoxy groups -OCH3 is 2. The molecule has 0 fully saturated rings. The zero-order valence-corrected chi connectivity index (χ0v) is 21.8. The van der Waals surface area contributed by atoms with Crippen molar-refractivity contribution in [3.05, 3.63) is 65.7 Å². The van der Waals surface area contributed by atoms with Crippen molar-refractivity contribution in [3.63, 3.8) is 0 Å². The maximum absolute atomic E-state index is 13.7. The number of phenolic OH excluding ortho intramolecular Hbond substituents is 1. The van der Waals surface area contributed by atoms with Crippen LogP contribution >= 0.6 is 0 Å². The Morgan fingerprint density at radius 2 is 1.89 bits per heavy atom. The van der Waals surface area contributed by atoms with Crippen molar-refractivity contribution in [2.45, 2.75) is 12.1 Å². The molecule has 1 aromatic heterocycles. The SMILES string of the molecule is [CH2-]C1CN(C(=O)/C=C/c2ccc(OC)cc2)c2cc(O)c3[nH]c(C(F)(F)F)c(C(=O)OC)c3c21.[Ce]. The van der Waals surface area contributed by atoms with Gasteiger partial charge in [-0.05, 0) is 29.3 Å². The Balaban J connectivity index is 0.00000342. The van der Waals surface area contributed by atoms with Crippen LogP contribution in [0.5, 0.6) is 11.5 Å². The number of H-pyrrole nitrogens is 1. The van der Waals surface area contributed by atoms with Gasteiger partial charge >= 0.3 is 12.1 Å². The van der Waals surface area contributed by atoms with Crippen molar-refractivity contribution in [1.82, 2.24) is 4.98 Å². The van der Waals surface area contributed by atoms with Gasteiger partial charge in [-0.25, -0.2) is 4.79 Å². The van der Waals surface area contributed by atoms with E-state index in [0.717, 1.165) is 12.7 Å².